The molecule has 6 aromatic carbocycles. The molecule has 0 bridgehead atoms. The van der Waals surface area contributed by atoms with Crippen LogP contribution in [0, 0.1) is 0 Å². The van der Waals surface area contributed by atoms with Gasteiger partial charge in [-0.05, 0) is 53.6 Å². The van der Waals surface area contributed by atoms with E-state index in [0.29, 0.717) is 27.9 Å². The van der Waals surface area contributed by atoms with E-state index in [1.807, 2.05) is 97.1 Å². The minimum Gasteiger partial charge on any atom is -0.278 e. The van der Waals surface area contributed by atoms with E-state index in [2.05, 4.69) is 53.1 Å². The minimum absolute atomic E-state index is 0.0435. The van der Waals surface area contributed by atoms with Crippen molar-refractivity contribution in [3.8, 4) is 39.9 Å². The first-order chi connectivity index (χ1) is 24.2. The molecule has 0 aliphatic heterocycles. The summed E-state index contributed by atoms with van der Waals surface area (Å²) in [7, 11) is 0. The number of aromatic nitrogens is 6. The molecular formula is C41H24N6OS. The summed E-state index contributed by atoms with van der Waals surface area (Å²) < 4.78 is 4.79. The molecule has 0 fully saturated rings. The Bertz CT molecular complexity index is 2910. The number of para-hydroxylation sites is 1. The van der Waals surface area contributed by atoms with Crippen LogP contribution in [0.4, 0.5) is 0 Å². The van der Waals surface area contributed by atoms with Crippen LogP contribution in [0.15, 0.2) is 150 Å². The first-order valence-corrected chi connectivity index (χ1v) is 16.8. The van der Waals surface area contributed by atoms with E-state index in [1.165, 1.54) is 11.3 Å². The second kappa shape index (κ2) is 10.8. The van der Waals surface area contributed by atoms with Gasteiger partial charge < -0.3 is 0 Å². The van der Waals surface area contributed by atoms with Crippen molar-refractivity contribution in [2.75, 3.05) is 0 Å². The van der Waals surface area contributed by atoms with E-state index in [0.717, 1.165) is 59.8 Å². The molecule has 0 amide bonds. The molecule has 0 radical (unpaired) electrons. The van der Waals surface area contributed by atoms with Crippen LogP contribution in [0.25, 0.3) is 87.7 Å². The summed E-state index contributed by atoms with van der Waals surface area (Å²) >= 11 is 1.53. The summed E-state index contributed by atoms with van der Waals surface area (Å²) in [6.45, 7) is 0. The topological polar surface area (TPSA) is 78.0 Å². The average molecular weight is 649 g/mol. The molecule has 0 spiro atoms. The molecule has 8 heteroatoms. The molecule has 10 rings (SSSR count). The number of nitrogens with zero attached hydrogens (tertiary/aromatic N) is 6. The Labute approximate surface area is 283 Å². The normalized spacial score (nSPS) is 11.8. The molecule has 0 atom stereocenters. The third-order valence-corrected chi connectivity index (χ3v) is 10.1. The number of imidazole rings is 1. The second-order valence-corrected chi connectivity index (χ2v) is 12.9. The summed E-state index contributed by atoms with van der Waals surface area (Å²) in [5.41, 5.74) is 7.47. The van der Waals surface area contributed by atoms with Gasteiger partial charge in [-0.2, -0.15) is 9.97 Å². The van der Waals surface area contributed by atoms with Gasteiger partial charge in [0.25, 0.3) is 5.56 Å². The van der Waals surface area contributed by atoms with E-state index in [1.54, 1.807) is 4.40 Å². The standard InChI is InChI=1S/C41H24N6OS/c48-39-30-16-8-10-18-36(30)49-41-42-32-24-28(20-22-35(32)47(39)41)27-19-21-34-31(23-27)29-15-7-9-17-33(29)46(34)40-44-37(25-11-3-1-4-12-25)43-38(45-40)26-13-5-2-6-14-26/h1-24H. The maximum atomic E-state index is 13.4. The number of fused-ring (bicyclic) bond motifs is 7. The van der Waals surface area contributed by atoms with Gasteiger partial charge in [0.2, 0.25) is 5.95 Å². The molecule has 0 saturated heterocycles. The first-order valence-electron chi connectivity index (χ1n) is 15.9. The Morgan fingerprint density at radius 2 is 1.06 bits per heavy atom. The molecular weight excluding hydrogens is 625 g/mol. The molecule has 0 unspecified atom stereocenters. The van der Waals surface area contributed by atoms with Crippen molar-refractivity contribution in [2.45, 2.75) is 0 Å². The third kappa shape index (κ3) is 4.38. The lowest BCUT2D eigenvalue weighted by Gasteiger charge is -2.11. The highest BCUT2D eigenvalue weighted by molar-refractivity contribution is 7.23. The monoisotopic (exact) mass is 648 g/mol. The Morgan fingerprint density at radius 3 is 1.80 bits per heavy atom. The van der Waals surface area contributed by atoms with Gasteiger partial charge in [0.05, 0.1) is 27.5 Å². The molecule has 4 heterocycles. The summed E-state index contributed by atoms with van der Waals surface area (Å²) in [5.74, 6) is 1.78. The Kier molecular flexibility index (Phi) is 6.06. The number of benzene rings is 6. The van der Waals surface area contributed by atoms with Gasteiger partial charge in [-0.1, -0.05) is 114 Å². The lowest BCUT2D eigenvalue weighted by atomic mass is 10.0. The fourth-order valence-corrected chi connectivity index (χ4v) is 7.74. The van der Waals surface area contributed by atoms with Crippen molar-refractivity contribution < 1.29 is 0 Å². The van der Waals surface area contributed by atoms with Crippen LogP contribution in [0.3, 0.4) is 0 Å². The SMILES string of the molecule is O=c1c2ccccc2sc2nc3cc(-c4ccc5c(c4)c4ccccc4n5-c4nc(-c5ccccc5)nc(-c5ccccc5)n4)ccc3n12. The van der Waals surface area contributed by atoms with Gasteiger partial charge in [0.1, 0.15) is 0 Å². The Morgan fingerprint density at radius 1 is 0.469 bits per heavy atom. The largest absolute Gasteiger partial charge is 0.278 e. The molecule has 0 N–H and O–H groups in total. The van der Waals surface area contributed by atoms with Gasteiger partial charge in [-0.25, -0.2) is 14.4 Å². The zero-order valence-electron chi connectivity index (χ0n) is 25.9. The smallest absolute Gasteiger partial charge is 0.266 e. The van der Waals surface area contributed by atoms with Gasteiger partial charge in [0.15, 0.2) is 16.6 Å². The fourth-order valence-electron chi connectivity index (χ4n) is 6.72. The van der Waals surface area contributed by atoms with Crippen molar-refractivity contribution in [1.82, 2.24) is 28.9 Å². The quantitative estimate of drug-likeness (QED) is 0.190. The number of rotatable bonds is 4. The van der Waals surface area contributed by atoms with Crippen LogP contribution in [-0.2, 0) is 0 Å². The molecule has 7 nitrogen and oxygen atoms in total. The minimum atomic E-state index is -0.0435. The van der Waals surface area contributed by atoms with E-state index in [9.17, 15) is 4.79 Å². The summed E-state index contributed by atoms with van der Waals surface area (Å²) in [5, 5.41) is 2.89. The fraction of sp³-hybridized carbons (Fsp3) is 0. The van der Waals surface area contributed by atoms with E-state index >= 15 is 0 Å². The van der Waals surface area contributed by atoms with Crippen LogP contribution < -0.4 is 5.56 Å². The zero-order chi connectivity index (χ0) is 32.5. The number of hydrogen-bond acceptors (Lipinski definition) is 6. The average Bonchev–Trinajstić information content (AvgIpc) is 3.70. The highest BCUT2D eigenvalue weighted by Gasteiger charge is 2.19. The second-order valence-electron chi connectivity index (χ2n) is 11.9. The maximum absolute atomic E-state index is 13.4. The molecule has 4 aromatic heterocycles. The first kappa shape index (κ1) is 27.6. The summed E-state index contributed by atoms with van der Waals surface area (Å²) in [6.07, 6.45) is 0. The van der Waals surface area contributed by atoms with E-state index in [-0.39, 0.29) is 5.56 Å². The van der Waals surface area contributed by atoms with Crippen LogP contribution in [0.2, 0.25) is 0 Å². The van der Waals surface area contributed by atoms with Crippen molar-refractivity contribution in [3.63, 3.8) is 0 Å². The van der Waals surface area contributed by atoms with Gasteiger partial charge >= 0.3 is 0 Å². The van der Waals surface area contributed by atoms with Crippen molar-refractivity contribution in [3.05, 3.63) is 156 Å². The van der Waals surface area contributed by atoms with Gasteiger partial charge in [-0.15, -0.1) is 0 Å². The van der Waals surface area contributed by atoms with Crippen LogP contribution >= 0.6 is 11.3 Å². The van der Waals surface area contributed by atoms with Crippen molar-refractivity contribution in [1.29, 1.82) is 0 Å². The van der Waals surface area contributed by atoms with E-state index in [4.69, 9.17) is 19.9 Å². The van der Waals surface area contributed by atoms with Crippen LogP contribution in [-0.4, -0.2) is 28.9 Å². The Balaban J connectivity index is 1.16. The predicted octanol–water partition coefficient (Wildman–Crippen LogP) is 9.35. The highest BCUT2D eigenvalue weighted by atomic mass is 32.1. The lowest BCUT2D eigenvalue weighted by Crippen LogP contribution is -2.11. The van der Waals surface area contributed by atoms with E-state index < -0.39 is 0 Å². The molecule has 0 saturated carbocycles. The van der Waals surface area contributed by atoms with Gasteiger partial charge in [0, 0.05) is 26.6 Å². The summed E-state index contributed by atoms with van der Waals surface area (Å²) in [6, 6.07) is 48.7. The van der Waals surface area contributed by atoms with Crippen molar-refractivity contribution in [2.24, 2.45) is 0 Å². The molecule has 49 heavy (non-hydrogen) atoms. The highest BCUT2D eigenvalue weighted by Crippen LogP contribution is 2.36. The number of hydrogen-bond donors (Lipinski definition) is 0. The van der Waals surface area contributed by atoms with Crippen molar-refractivity contribution >= 4 is 59.2 Å². The summed E-state index contributed by atoms with van der Waals surface area (Å²) in [4.78, 5) is 34.0. The lowest BCUT2D eigenvalue weighted by molar-refractivity contribution is 0.953. The zero-order valence-corrected chi connectivity index (χ0v) is 26.7. The molecule has 0 aliphatic rings. The van der Waals surface area contributed by atoms with Gasteiger partial charge in [-0.3, -0.25) is 9.36 Å². The molecule has 230 valence electrons. The third-order valence-electron chi connectivity index (χ3n) is 9.04. The molecule has 10 aromatic rings. The van der Waals surface area contributed by atoms with Crippen LogP contribution in [0.1, 0.15) is 0 Å². The molecule has 0 aliphatic carbocycles. The maximum Gasteiger partial charge on any atom is 0.266 e. The predicted molar refractivity (Wildman–Crippen MR) is 198 cm³/mol. The Hall–Kier alpha value is -6.51. The van der Waals surface area contributed by atoms with Crippen LogP contribution in [0.5, 0.6) is 0 Å².